The van der Waals surface area contributed by atoms with Gasteiger partial charge in [-0.2, -0.15) is 14.4 Å². The van der Waals surface area contributed by atoms with Crippen LogP contribution < -0.4 is 10.4 Å². The molecule has 0 spiro atoms. The Kier molecular flexibility index (Phi) is 9.61. The average Bonchev–Trinajstić information content (AvgIpc) is 3.45. The predicted molar refractivity (Wildman–Crippen MR) is 170 cm³/mol. The van der Waals surface area contributed by atoms with Crippen molar-refractivity contribution in [2.24, 2.45) is 5.10 Å². The molecule has 13 heteroatoms. The predicted octanol–water partition coefficient (Wildman–Crippen LogP) is 4.68. The van der Waals surface area contributed by atoms with E-state index in [0.29, 0.717) is 16.5 Å². The fourth-order valence-corrected chi connectivity index (χ4v) is 6.81. The van der Waals surface area contributed by atoms with Gasteiger partial charge in [-0.05, 0) is 61.0 Å². The standard InChI is InChI=1S/C31H30N4O7S2/c1-21-8-13-26-28(18-21)43-31(33-26)35(32-19-23-20-42-27-7-5-4-6-25(27)29(23)36)30(37)22-9-11-24(12-10-22)44(38,39)34(14-16-40-2)15-17-41-3/h4-13,18-20H,14-17H2,1-3H3/b32-19+. The summed E-state index contributed by atoms with van der Waals surface area (Å²) in [6.07, 6.45) is 2.55. The van der Waals surface area contributed by atoms with Gasteiger partial charge in [-0.15, -0.1) is 0 Å². The van der Waals surface area contributed by atoms with Crippen molar-refractivity contribution in [1.29, 1.82) is 0 Å². The molecular weight excluding hydrogens is 604 g/mol. The molecule has 0 bridgehead atoms. The van der Waals surface area contributed by atoms with E-state index in [-0.39, 0.29) is 52.9 Å². The second-order valence-corrected chi connectivity index (χ2v) is 12.7. The number of amides is 1. The number of aryl methyl sites for hydroxylation is 1. The van der Waals surface area contributed by atoms with Gasteiger partial charge in [0, 0.05) is 32.9 Å². The quantitative estimate of drug-likeness (QED) is 0.143. The molecule has 0 saturated heterocycles. The van der Waals surface area contributed by atoms with E-state index in [1.807, 2.05) is 25.1 Å². The second kappa shape index (κ2) is 13.6. The number of hydrogen-bond acceptors (Lipinski definition) is 10. The van der Waals surface area contributed by atoms with Crippen molar-refractivity contribution in [3.05, 3.63) is 99.9 Å². The second-order valence-electron chi connectivity index (χ2n) is 9.76. The van der Waals surface area contributed by atoms with Crippen molar-refractivity contribution in [3.8, 4) is 0 Å². The highest BCUT2D eigenvalue weighted by Gasteiger charge is 2.26. The molecule has 1 amide bonds. The van der Waals surface area contributed by atoms with Crippen molar-refractivity contribution in [1.82, 2.24) is 9.29 Å². The minimum Gasteiger partial charge on any atom is -0.463 e. The van der Waals surface area contributed by atoms with Crippen LogP contribution in [0.15, 0.2) is 92.2 Å². The molecule has 2 aromatic heterocycles. The van der Waals surface area contributed by atoms with Gasteiger partial charge in [-0.25, -0.2) is 13.4 Å². The number of thiazole rings is 1. The summed E-state index contributed by atoms with van der Waals surface area (Å²) in [6.45, 7) is 2.67. The molecule has 44 heavy (non-hydrogen) atoms. The Labute approximate surface area is 258 Å². The van der Waals surface area contributed by atoms with Gasteiger partial charge in [0.15, 0.2) is 0 Å². The lowest BCUT2D eigenvalue weighted by Crippen LogP contribution is -2.36. The maximum absolute atomic E-state index is 13.9. The molecule has 11 nitrogen and oxygen atoms in total. The summed E-state index contributed by atoms with van der Waals surface area (Å²) in [5.74, 6) is -0.568. The van der Waals surface area contributed by atoms with Gasteiger partial charge in [0.25, 0.3) is 5.91 Å². The van der Waals surface area contributed by atoms with Gasteiger partial charge in [0.1, 0.15) is 11.8 Å². The number of aromatic nitrogens is 1. The normalized spacial score (nSPS) is 12.1. The van der Waals surface area contributed by atoms with Crippen LogP contribution in [0.3, 0.4) is 0 Å². The molecule has 0 saturated carbocycles. The van der Waals surface area contributed by atoms with Gasteiger partial charge in [0.05, 0.1) is 45.5 Å². The fourth-order valence-electron chi connectivity index (χ4n) is 4.38. The number of sulfonamides is 1. The fraction of sp³-hybridized carbons (Fsp3) is 0.226. The summed E-state index contributed by atoms with van der Waals surface area (Å²) in [6, 6.07) is 18.2. The van der Waals surface area contributed by atoms with Crippen LogP contribution in [-0.2, 0) is 19.5 Å². The molecule has 3 aromatic carbocycles. The Bertz CT molecular complexity index is 1980. The first kappa shape index (κ1) is 31.2. The number of benzene rings is 3. The largest absolute Gasteiger partial charge is 0.463 e. The van der Waals surface area contributed by atoms with Crippen molar-refractivity contribution < 1.29 is 27.1 Å². The number of carbonyl (C=O) groups is 1. The number of nitrogens with zero attached hydrogens (tertiary/aromatic N) is 4. The first-order chi connectivity index (χ1) is 21.2. The minimum atomic E-state index is -3.89. The van der Waals surface area contributed by atoms with E-state index >= 15 is 0 Å². The molecule has 0 fully saturated rings. The Morgan fingerprint density at radius 2 is 1.73 bits per heavy atom. The summed E-state index contributed by atoms with van der Waals surface area (Å²) < 4.78 is 44.5. The van der Waals surface area contributed by atoms with Gasteiger partial charge in [-0.1, -0.05) is 29.5 Å². The topological polar surface area (TPSA) is 132 Å². The highest BCUT2D eigenvalue weighted by Crippen LogP contribution is 2.31. The number of hydrazone groups is 1. The number of methoxy groups -OCH3 is 2. The van der Waals surface area contributed by atoms with Crippen LogP contribution in [0.25, 0.3) is 21.2 Å². The first-order valence-electron chi connectivity index (χ1n) is 13.6. The summed E-state index contributed by atoms with van der Waals surface area (Å²) >= 11 is 1.26. The summed E-state index contributed by atoms with van der Waals surface area (Å²) in [5.41, 5.74) is 2.16. The number of fused-ring (bicyclic) bond motifs is 2. The number of anilines is 1. The molecule has 0 aliphatic carbocycles. The van der Waals surface area contributed by atoms with Crippen LogP contribution in [0.1, 0.15) is 21.5 Å². The minimum absolute atomic E-state index is 0.0144. The number of ether oxygens (including phenoxy) is 2. The smallest absolute Gasteiger partial charge is 0.280 e. The molecule has 0 aliphatic rings. The van der Waals surface area contributed by atoms with Crippen molar-refractivity contribution in [3.63, 3.8) is 0 Å². The van der Waals surface area contributed by atoms with E-state index in [4.69, 9.17) is 13.9 Å². The molecule has 228 valence electrons. The maximum atomic E-state index is 13.9. The molecule has 0 aliphatic heterocycles. The van der Waals surface area contributed by atoms with Crippen LogP contribution in [0.4, 0.5) is 5.13 Å². The van der Waals surface area contributed by atoms with Crippen LogP contribution in [0, 0.1) is 6.92 Å². The Morgan fingerprint density at radius 1 is 1.02 bits per heavy atom. The molecule has 0 unspecified atom stereocenters. The first-order valence-corrected chi connectivity index (χ1v) is 15.8. The molecule has 0 atom stereocenters. The SMILES string of the molecule is COCCN(CCOC)S(=O)(=O)c1ccc(C(=O)N(/N=C/c2coc3ccccc3c2=O)c2nc3ccc(C)cc3s2)cc1. The zero-order valence-corrected chi connectivity index (χ0v) is 25.9. The lowest BCUT2D eigenvalue weighted by atomic mass is 10.2. The molecule has 5 aromatic rings. The number of rotatable bonds is 12. The lowest BCUT2D eigenvalue weighted by molar-refractivity contribution is 0.0987. The van der Waals surface area contributed by atoms with E-state index in [9.17, 15) is 18.0 Å². The third-order valence-corrected chi connectivity index (χ3v) is 9.66. The lowest BCUT2D eigenvalue weighted by Gasteiger charge is -2.21. The van der Waals surface area contributed by atoms with E-state index in [1.165, 1.54) is 66.6 Å². The highest BCUT2D eigenvalue weighted by atomic mass is 32.2. The van der Waals surface area contributed by atoms with Gasteiger partial charge < -0.3 is 13.9 Å². The summed E-state index contributed by atoms with van der Waals surface area (Å²) in [5, 5.41) is 6.14. The van der Waals surface area contributed by atoms with Crippen molar-refractivity contribution >= 4 is 59.8 Å². The Balaban J connectivity index is 1.50. The maximum Gasteiger partial charge on any atom is 0.280 e. The van der Waals surface area contributed by atoms with E-state index in [2.05, 4.69) is 10.1 Å². The summed E-state index contributed by atoms with van der Waals surface area (Å²) in [4.78, 5) is 31.6. The summed E-state index contributed by atoms with van der Waals surface area (Å²) in [7, 11) is -0.897. The highest BCUT2D eigenvalue weighted by molar-refractivity contribution is 7.89. The van der Waals surface area contributed by atoms with Crippen LogP contribution in [-0.4, -0.2) is 70.4 Å². The molecular formula is C31H30N4O7S2. The van der Waals surface area contributed by atoms with Crippen LogP contribution in [0.5, 0.6) is 0 Å². The molecule has 2 heterocycles. The van der Waals surface area contributed by atoms with E-state index in [0.717, 1.165) is 15.3 Å². The average molecular weight is 635 g/mol. The van der Waals surface area contributed by atoms with Gasteiger partial charge in [-0.3, -0.25) is 9.59 Å². The van der Waals surface area contributed by atoms with Crippen LogP contribution in [0.2, 0.25) is 0 Å². The Morgan fingerprint density at radius 3 is 2.43 bits per heavy atom. The Hall–Kier alpha value is -4.27. The zero-order valence-electron chi connectivity index (χ0n) is 24.3. The zero-order chi connectivity index (χ0) is 31.3. The molecule has 0 radical (unpaired) electrons. The third kappa shape index (κ3) is 6.61. The monoisotopic (exact) mass is 634 g/mol. The van der Waals surface area contributed by atoms with E-state index in [1.54, 1.807) is 24.3 Å². The van der Waals surface area contributed by atoms with Gasteiger partial charge in [0.2, 0.25) is 20.6 Å². The number of hydrogen-bond donors (Lipinski definition) is 0. The molecule has 5 rings (SSSR count). The third-order valence-electron chi connectivity index (χ3n) is 6.75. The van der Waals surface area contributed by atoms with Crippen molar-refractivity contribution in [2.45, 2.75) is 11.8 Å². The number of carbonyl (C=O) groups excluding carboxylic acids is 1. The van der Waals surface area contributed by atoms with E-state index < -0.39 is 15.9 Å². The van der Waals surface area contributed by atoms with Crippen molar-refractivity contribution in [2.75, 3.05) is 45.5 Å². The molecule has 0 N–H and O–H groups in total. The number of para-hydroxylation sites is 1. The van der Waals surface area contributed by atoms with Crippen LogP contribution >= 0.6 is 11.3 Å². The van der Waals surface area contributed by atoms with Gasteiger partial charge >= 0.3 is 0 Å².